The van der Waals surface area contributed by atoms with Crippen molar-refractivity contribution in [2.45, 2.75) is 38.7 Å². The highest BCUT2D eigenvalue weighted by Gasteiger charge is 2.50. The van der Waals surface area contributed by atoms with Crippen LogP contribution in [0.4, 0.5) is 14.5 Å². The number of hydrogen-bond acceptors (Lipinski definition) is 3. The number of imidazole rings is 1. The lowest BCUT2D eigenvalue weighted by molar-refractivity contribution is -0.129. The summed E-state index contributed by atoms with van der Waals surface area (Å²) in [6.45, 7) is 3.92. The summed E-state index contributed by atoms with van der Waals surface area (Å²) in [5, 5.41) is 2.71. The lowest BCUT2D eigenvalue weighted by atomic mass is 9.68. The third-order valence-electron chi connectivity index (χ3n) is 4.72. The molecule has 1 heterocycles. The minimum atomic E-state index is -2.42. The molecule has 3 N–H and O–H groups in total. The molecule has 0 spiro atoms. The van der Waals surface area contributed by atoms with Crippen LogP contribution in [0.3, 0.4) is 0 Å². The Morgan fingerprint density at radius 1 is 1.33 bits per heavy atom. The van der Waals surface area contributed by atoms with Crippen molar-refractivity contribution in [1.29, 1.82) is 0 Å². The van der Waals surface area contributed by atoms with Gasteiger partial charge < -0.3 is 15.6 Å². The minimum absolute atomic E-state index is 0.0160. The Hall–Kier alpha value is -2.28. The summed E-state index contributed by atoms with van der Waals surface area (Å²) in [5.41, 5.74) is 8.22. The summed E-state index contributed by atoms with van der Waals surface area (Å²) in [6.07, 6.45) is -0.647. The molecule has 5 nitrogen and oxygen atoms in total. The molecule has 1 fully saturated rings. The van der Waals surface area contributed by atoms with Crippen LogP contribution < -0.4 is 11.1 Å². The van der Waals surface area contributed by atoms with Crippen LogP contribution in [-0.4, -0.2) is 27.4 Å². The molecule has 0 bridgehead atoms. The average Bonchev–Trinajstić information content (AvgIpc) is 2.84. The number of nitrogens with two attached hydrogens (primary N) is 1. The van der Waals surface area contributed by atoms with Crippen molar-refractivity contribution in [2.75, 3.05) is 5.32 Å². The highest BCUT2D eigenvalue weighted by molar-refractivity contribution is 5.98. The van der Waals surface area contributed by atoms with Crippen molar-refractivity contribution in [3.05, 3.63) is 42.0 Å². The molecule has 1 amide bonds. The number of hydrogen-bond donors (Lipinski definition) is 2. The molecule has 2 aromatic rings. The number of nitrogens with zero attached hydrogens (tertiary/aromatic N) is 2. The van der Waals surface area contributed by atoms with E-state index in [4.69, 9.17) is 5.73 Å². The minimum Gasteiger partial charge on any atom is -0.324 e. The number of aromatic nitrogens is 2. The standard InChI is InChI=1S/C17H20F2N4O/c1-10-11(2)23(9-21-10)14-5-3-13(4-6-14)22-16(24)17(20)7-12(8-17)15(18)19/h3-6,9,12,15H,7-8,20H2,1-2H3,(H,22,24). The van der Waals surface area contributed by atoms with Crippen LogP contribution in [-0.2, 0) is 4.79 Å². The van der Waals surface area contributed by atoms with E-state index in [1.165, 1.54) is 0 Å². The molecule has 24 heavy (non-hydrogen) atoms. The van der Waals surface area contributed by atoms with Crippen LogP contribution in [0, 0.1) is 19.8 Å². The van der Waals surface area contributed by atoms with Gasteiger partial charge in [-0.1, -0.05) is 0 Å². The summed E-state index contributed by atoms with van der Waals surface area (Å²) in [6, 6.07) is 7.23. The number of halogens is 2. The van der Waals surface area contributed by atoms with E-state index in [0.29, 0.717) is 5.69 Å². The van der Waals surface area contributed by atoms with Gasteiger partial charge in [0.1, 0.15) is 0 Å². The molecule has 0 aliphatic heterocycles. The number of nitrogens with one attached hydrogen (secondary N) is 1. The summed E-state index contributed by atoms with van der Waals surface area (Å²) in [5.74, 6) is -1.20. The van der Waals surface area contributed by atoms with E-state index < -0.39 is 23.8 Å². The fourth-order valence-electron chi connectivity index (χ4n) is 2.96. The van der Waals surface area contributed by atoms with Crippen molar-refractivity contribution in [1.82, 2.24) is 9.55 Å². The molecule has 0 atom stereocenters. The highest BCUT2D eigenvalue weighted by atomic mass is 19.3. The zero-order chi connectivity index (χ0) is 17.5. The van der Waals surface area contributed by atoms with Crippen LogP contribution in [0.25, 0.3) is 5.69 Å². The molecule has 0 radical (unpaired) electrons. The number of rotatable bonds is 4. The first-order chi connectivity index (χ1) is 11.3. The Balaban J connectivity index is 1.67. The third kappa shape index (κ3) is 2.91. The van der Waals surface area contributed by atoms with Gasteiger partial charge in [-0.25, -0.2) is 13.8 Å². The van der Waals surface area contributed by atoms with Gasteiger partial charge in [-0.15, -0.1) is 0 Å². The Kier molecular flexibility index (Phi) is 4.13. The molecule has 7 heteroatoms. The highest BCUT2D eigenvalue weighted by Crippen LogP contribution is 2.40. The summed E-state index contributed by atoms with van der Waals surface area (Å²) < 4.78 is 27.1. The molecular weight excluding hydrogens is 314 g/mol. The van der Waals surface area contributed by atoms with E-state index in [0.717, 1.165) is 17.1 Å². The number of carbonyl (C=O) groups excluding carboxylic acids is 1. The van der Waals surface area contributed by atoms with E-state index in [1.54, 1.807) is 18.5 Å². The van der Waals surface area contributed by atoms with Gasteiger partial charge in [-0.05, 0) is 51.0 Å². The Morgan fingerprint density at radius 2 is 1.96 bits per heavy atom. The molecule has 1 aromatic carbocycles. The van der Waals surface area contributed by atoms with Gasteiger partial charge in [-0.2, -0.15) is 0 Å². The van der Waals surface area contributed by atoms with Crippen LogP contribution in [0.15, 0.2) is 30.6 Å². The van der Waals surface area contributed by atoms with E-state index in [9.17, 15) is 13.6 Å². The van der Waals surface area contributed by atoms with E-state index in [1.807, 2.05) is 30.5 Å². The van der Waals surface area contributed by atoms with Gasteiger partial charge in [0, 0.05) is 23.0 Å². The maximum atomic E-state index is 12.6. The summed E-state index contributed by atoms with van der Waals surface area (Å²) in [7, 11) is 0. The molecule has 1 aliphatic carbocycles. The third-order valence-corrected chi connectivity index (χ3v) is 4.72. The Bertz CT molecular complexity index is 748. The molecule has 1 aliphatic rings. The first-order valence-corrected chi connectivity index (χ1v) is 7.79. The van der Waals surface area contributed by atoms with Gasteiger partial charge in [0.05, 0.1) is 17.6 Å². The smallest absolute Gasteiger partial charge is 0.244 e. The van der Waals surface area contributed by atoms with E-state index in [2.05, 4.69) is 10.3 Å². The lowest BCUT2D eigenvalue weighted by Gasteiger charge is -2.42. The fourth-order valence-corrected chi connectivity index (χ4v) is 2.96. The summed E-state index contributed by atoms with van der Waals surface area (Å²) >= 11 is 0. The van der Waals surface area contributed by atoms with Crippen LogP contribution in [0.1, 0.15) is 24.2 Å². The monoisotopic (exact) mass is 334 g/mol. The predicted octanol–water partition coefficient (Wildman–Crippen LogP) is 2.80. The second-order valence-electron chi connectivity index (χ2n) is 6.45. The second kappa shape index (κ2) is 5.98. The van der Waals surface area contributed by atoms with Crippen molar-refractivity contribution in [2.24, 2.45) is 11.7 Å². The maximum Gasteiger partial charge on any atom is 0.244 e. The van der Waals surface area contributed by atoms with Crippen molar-refractivity contribution >= 4 is 11.6 Å². The number of alkyl halides is 2. The summed E-state index contributed by atoms with van der Waals surface area (Å²) in [4.78, 5) is 16.5. The topological polar surface area (TPSA) is 72.9 Å². The molecule has 0 saturated heterocycles. The first kappa shape index (κ1) is 16.6. The molecule has 1 aromatic heterocycles. The lowest BCUT2D eigenvalue weighted by Crippen LogP contribution is -2.61. The second-order valence-corrected chi connectivity index (χ2v) is 6.45. The average molecular weight is 334 g/mol. The molecular formula is C17H20F2N4O. The van der Waals surface area contributed by atoms with Gasteiger partial charge in [0.15, 0.2) is 0 Å². The maximum absolute atomic E-state index is 12.6. The molecule has 128 valence electrons. The number of benzene rings is 1. The zero-order valence-corrected chi connectivity index (χ0v) is 13.6. The largest absolute Gasteiger partial charge is 0.324 e. The quantitative estimate of drug-likeness (QED) is 0.903. The Morgan fingerprint density at radius 3 is 2.46 bits per heavy atom. The number of carbonyl (C=O) groups is 1. The van der Waals surface area contributed by atoms with E-state index >= 15 is 0 Å². The predicted molar refractivity (Wildman–Crippen MR) is 87.3 cm³/mol. The van der Waals surface area contributed by atoms with Crippen LogP contribution in [0.2, 0.25) is 0 Å². The van der Waals surface area contributed by atoms with Gasteiger partial charge in [0.25, 0.3) is 0 Å². The van der Waals surface area contributed by atoms with Gasteiger partial charge >= 0.3 is 0 Å². The van der Waals surface area contributed by atoms with Gasteiger partial charge in [-0.3, -0.25) is 4.79 Å². The number of anilines is 1. The van der Waals surface area contributed by atoms with Crippen LogP contribution >= 0.6 is 0 Å². The molecule has 0 unspecified atom stereocenters. The van der Waals surface area contributed by atoms with E-state index in [-0.39, 0.29) is 12.8 Å². The normalized spacial score (nSPS) is 23.2. The molecule has 1 saturated carbocycles. The SMILES string of the molecule is Cc1ncn(-c2ccc(NC(=O)C3(N)CC(C(F)F)C3)cc2)c1C. The number of amides is 1. The molecule has 3 rings (SSSR count). The van der Waals surface area contributed by atoms with Crippen LogP contribution in [0.5, 0.6) is 0 Å². The van der Waals surface area contributed by atoms with Gasteiger partial charge in [0.2, 0.25) is 12.3 Å². The fraction of sp³-hybridized carbons (Fsp3) is 0.412. The zero-order valence-electron chi connectivity index (χ0n) is 13.6. The van der Waals surface area contributed by atoms with Crippen molar-refractivity contribution in [3.8, 4) is 5.69 Å². The van der Waals surface area contributed by atoms with Crippen molar-refractivity contribution < 1.29 is 13.6 Å². The Labute approximate surface area is 138 Å². The number of aryl methyl sites for hydroxylation is 1. The van der Waals surface area contributed by atoms with Crippen molar-refractivity contribution in [3.63, 3.8) is 0 Å². The first-order valence-electron chi connectivity index (χ1n) is 7.79.